The van der Waals surface area contributed by atoms with E-state index < -0.39 is 58.5 Å². The Bertz CT molecular complexity index is 1420. The van der Waals surface area contributed by atoms with Crippen molar-refractivity contribution in [2.24, 2.45) is 16.7 Å². The Morgan fingerprint density at radius 2 is 1.56 bits per heavy atom. The molecule has 0 bridgehead atoms. The second kappa shape index (κ2) is 24.4. The van der Waals surface area contributed by atoms with Crippen LogP contribution in [0.1, 0.15) is 109 Å². The number of fused-ring (bicyclic) bond motifs is 1. The van der Waals surface area contributed by atoms with Gasteiger partial charge in [0.15, 0.2) is 0 Å². The normalized spacial score (nSPS) is 16.7. The first-order valence-electron chi connectivity index (χ1n) is 18.8. The molecule has 1 fully saturated rings. The van der Waals surface area contributed by atoms with Crippen molar-refractivity contribution in [2.45, 2.75) is 113 Å². The summed E-state index contributed by atoms with van der Waals surface area (Å²) in [7, 11) is 1.90. The summed E-state index contributed by atoms with van der Waals surface area (Å²) < 4.78 is 0. The molecule has 4 N–H and O–H groups in total. The van der Waals surface area contributed by atoms with Gasteiger partial charge in [0.25, 0.3) is 17.7 Å². The van der Waals surface area contributed by atoms with Crippen LogP contribution in [-0.4, -0.2) is 120 Å². The molecule has 310 valence electrons. The van der Waals surface area contributed by atoms with Crippen molar-refractivity contribution < 1.29 is 33.6 Å². The Hall–Kier alpha value is -4.11. The molecule has 14 nitrogen and oxygen atoms in total. The van der Waals surface area contributed by atoms with E-state index in [2.05, 4.69) is 32.8 Å². The Balaban J connectivity index is 0.000000971. The number of pyridine rings is 1. The average Bonchev–Trinajstić information content (AvgIpc) is 3.65. The minimum atomic E-state index is -0.772. The van der Waals surface area contributed by atoms with Gasteiger partial charge in [0, 0.05) is 18.9 Å². The molecule has 1 aromatic rings. The van der Waals surface area contributed by atoms with Crippen molar-refractivity contribution in [2.75, 3.05) is 39.2 Å². The highest BCUT2D eigenvalue weighted by molar-refractivity contribution is 7.97. The molecule has 2 aliphatic rings. The van der Waals surface area contributed by atoms with Gasteiger partial charge in [0.05, 0.1) is 41.8 Å². The van der Waals surface area contributed by atoms with Crippen LogP contribution in [0.5, 0.6) is 0 Å². The number of thioether (sulfide) groups is 1. The van der Waals surface area contributed by atoms with Gasteiger partial charge in [0.1, 0.15) is 6.29 Å². The van der Waals surface area contributed by atoms with Crippen LogP contribution in [0.4, 0.5) is 4.79 Å². The predicted molar refractivity (Wildman–Crippen MR) is 220 cm³/mol. The van der Waals surface area contributed by atoms with Crippen LogP contribution in [0, 0.1) is 16.7 Å². The summed E-state index contributed by atoms with van der Waals surface area (Å²) in [6.07, 6.45) is 11.3. The molecule has 4 unspecified atom stereocenters. The molecule has 3 heterocycles. The number of Topliss-reactive ketones (excluding diaryl/α,β-unsaturated/α-hetero) is 1. The average molecular weight is 790 g/mol. The van der Waals surface area contributed by atoms with Crippen LogP contribution >= 0.6 is 11.8 Å². The number of amides is 6. The lowest BCUT2D eigenvalue weighted by Crippen LogP contribution is -2.57. The molecular weight excluding hydrogens is 723 g/mol. The monoisotopic (exact) mass is 789 g/mol. The highest BCUT2D eigenvalue weighted by Gasteiger charge is 2.40. The topological polar surface area (TPSA) is 187 Å². The number of aromatic nitrogens is 1. The van der Waals surface area contributed by atoms with Crippen molar-refractivity contribution in [3.8, 4) is 0 Å². The van der Waals surface area contributed by atoms with E-state index in [1.807, 2.05) is 93.7 Å². The number of urea groups is 1. The van der Waals surface area contributed by atoms with Crippen molar-refractivity contribution in [1.82, 2.24) is 36.1 Å². The van der Waals surface area contributed by atoms with Gasteiger partial charge in [-0.15, -0.1) is 6.58 Å². The lowest BCUT2D eigenvalue weighted by Gasteiger charge is -2.35. The maximum Gasteiger partial charge on any atom is 0.315 e. The number of carbonyl (C=O) groups excluding carboxylic acids is 7. The van der Waals surface area contributed by atoms with Gasteiger partial charge in [-0.05, 0) is 68.2 Å². The second-order valence-electron chi connectivity index (χ2n) is 15.8. The fourth-order valence-electron chi connectivity index (χ4n) is 5.44. The zero-order valence-electron chi connectivity index (χ0n) is 35.3. The minimum absolute atomic E-state index is 0.0184. The van der Waals surface area contributed by atoms with Crippen molar-refractivity contribution in [3.63, 3.8) is 0 Å². The molecule has 3 rings (SSSR count). The van der Waals surface area contributed by atoms with E-state index in [1.165, 1.54) is 24.5 Å². The van der Waals surface area contributed by atoms with E-state index in [0.717, 1.165) is 24.3 Å². The Kier molecular flexibility index (Phi) is 22.6. The number of imide groups is 1. The number of rotatable bonds is 13. The smallest absolute Gasteiger partial charge is 0.315 e. The molecule has 4 atom stereocenters. The number of carbonyl (C=O) groups is 7. The molecule has 6 amide bonds. The first kappa shape index (κ1) is 50.9. The number of hydrogen-bond acceptors (Lipinski definition) is 10. The molecule has 15 heteroatoms. The third-order valence-corrected chi connectivity index (χ3v) is 8.64. The quantitative estimate of drug-likeness (QED) is 0.0960. The minimum Gasteiger partial charge on any atom is -0.346 e. The Labute approximate surface area is 333 Å². The molecule has 1 aromatic heterocycles. The number of hydrogen-bond donors (Lipinski definition) is 4. The third kappa shape index (κ3) is 16.7. The van der Waals surface area contributed by atoms with E-state index in [1.54, 1.807) is 11.8 Å². The zero-order chi connectivity index (χ0) is 42.7. The zero-order valence-corrected chi connectivity index (χ0v) is 36.1. The molecule has 0 saturated carbocycles. The maximum absolute atomic E-state index is 12.6. The third-order valence-electron chi connectivity index (χ3n) is 8.64. The van der Waals surface area contributed by atoms with Crippen LogP contribution in [0.15, 0.2) is 31.1 Å². The number of ketones is 1. The molecule has 1 saturated heterocycles. The van der Waals surface area contributed by atoms with Crippen LogP contribution in [0.3, 0.4) is 0 Å². The fraction of sp³-hybridized carbons (Fsp3) is 0.650. The van der Waals surface area contributed by atoms with Gasteiger partial charge in [-0.25, -0.2) is 4.79 Å². The lowest BCUT2D eigenvalue weighted by molar-refractivity contribution is -0.140. The number of likely N-dealkylation sites (tertiary alicyclic amines) is 1. The van der Waals surface area contributed by atoms with Gasteiger partial charge in [-0.2, -0.15) is 11.8 Å². The first-order chi connectivity index (χ1) is 25.6. The molecule has 0 aromatic carbocycles. The standard InChI is InChI=1S/C20H28N4O4.C16H27N3O3.C2H6S.C2H6/c1-19(2,3)14(22-18(28)23-15(11-25)20(4,5)6)10-24-16(26)12-7-8-21-9-13(12)17(24)27;1-5-8-17-16(22)14(20)12(10-11(2)3)18-15(21)13-7-6-9-19(13)4;1-3-2;1-2/h7-9,11,14-15H,10H2,1-6H3,(H2,22,23,28);5,11-13H,1,6-10H2,2-4H3,(H,17,22)(H,18,21);1-2H3;1-2H3. The lowest BCUT2D eigenvalue weighted by atomic mass is 9.86. The Morgan fingerprint density at radius 1 is 0.982 bits per heavy atom. The summed E-state index contributed by atoms with van der Waals surface area (Å²) in [6, 6.07) is -1.18. The molecule has 55 heavy (non-hydrogen) atoms. The molecule has 2 aliphatic heterocycles. The van der Waals surface area contributed by atoms with Crippen molar-refractivity contribution in [1.29, 1.82) is 0 Å². The number of aldehydes is 1. The van der Waals surface area contributed by atoms with Gasteiger partial charge >= 0.3 is 6.03 Å². The van der Waals surface area contributed by atoms with E-state index in [0.29, 0.717) is 18.3 Å². The van der Waals surface area contributed by atoms with Gasteiger partial charge in [0.2, 0.25) is 11.7 Å². The summed E-state index contributed by atoms with van der Waals surface area (Å²) in [6.45, 7) is 23.8. The SMILES string of the molecule is C=CCNC(=O)C(=O)C(CC(C)C)NC(=O)C1CCCN1C.CC.CC(C)(C)C(C=O)NC(=O)NC(CN1C(=O)c2ccncc2C1=O)C(C)(C)C.CSC. The highest BCUT2D eigenvalue weighted by atomic mass is 32.2. The molecule has 0 aliphatic carbocycles. The summed E-state index contributed by atoms with van der Waals surface area (Å²) in [4.78, 5) is 92.4. The number of likely N-dealkylation sites (N-methyl/N-ethyl adjacent to an activating group) is 1. The van der Waals surface area contributed by atoms with Gasteiger partial charge in [-0.3, -0.25) is 38.8 Å². The van der Waals surface area contributed by atoms with Crippen LogP contribution in [0.2, 0.25) is 0 Å². The summed E-state index contributed by atoms with van der Waals surface area (Å²) in [5, 5.41) is 10.7. The molecule has 0 radical (unpaired) electrons. The first-order valence-corrected chi connectivity index (χ1v) is 20.4. The number of nitrogens with one attached hydrogen (secondary N) is 4. The fourth-order valence-corrected chi connectivity index (χ4v) is 5.44. The van der Waals surface area contributed by atoms with E-state index in [4.69, 9.17) is 0 Å². The summed E-state index contributed by atoms with van der Waals surface area (Å²) >= 11 is 1.75. The Morgan fingerprint density at radius 3 is 2.02 bits per heavy atom. The molecular formula is C40H67N7O7S. The van der Waals surface area contributed by atoms with Crippen LogP contribution < -0.4 is 21.3 Å². The summed E-state index contributed by atoms with van der Waals surface area (Å²) in [5.41, 5.74) is -0.306. The largest absolute Gasteiger partial charge is 0.346 e. The second-order valence-corrected chi connectivity index (χ2v) is 16.6. The van der Waals surface area contributed by atoms with Crippen LogP contribution in [0.25, 0.3) is 0 Å². The number of nitrogens with zero attached hydrogens (tertiary/aromatic N) is 3. The maximum atomic E-state index is 12.6. The van der Waals surface area contributed by atoms with E-state index >= 15 is 0 Å². The van der Waals surface area contributed by atoms with Crippen LogP contribution in [-0.2, 0) is 19.2 Å². The van der Waals surface area contributed by atoms with Crippen molar-refractivity contribution in [3.05, 3.63) is 42.2 Å². The highest BCUT2D eigenvalue weighted by Crippen LogP contribution is 2.26. The van der Waals surface area contributed by atoms with Gasteiger partial charge in [-0.1, -0.05) is 75.3 Å². The van der Waals surface area contributed by atoms with Gasteiger partial charge < -0.3 is 26.1 Å². The van der Waals surface area contributed by atoms with E-state index in [9.17, 15) is 33.6 Å². The predicted octanol–water partition coefficient (Wildman–Crippen LogP) is 4.49. The van der Waals surface area contributed by atoms with E-state index in [-0.39, 0.29) is 36.5 Å². The molecule has 0 spiro atoms. The summed E-state index contributed by atoms with van der Waals surface area (Å²) in [5.74, 6) is -2.07. The van der Waals surface area contributed by atoms with Crippen molar-refractivity contribution >= 4 is 53.5 Å².